The predicted molar refractivity (Wildman–Crippen MR) is 106 cm³/mol. The van der Waals surface area contributed by atoms with E-state index in [1.165, 1.54) is 11.3 Å². The zero-order valence-corrected chi connectivity index (χ0v) is 16.6. The van der Waals surface area contributed by atoms with E-state index in [1.807, 2.05) is 6.92 Å². The molecule has 0 atom stereocenters. The van der Waals surface area contributed by atoms with Crippen molar-refractivity contribution in [1.82, 2.24) is 0 Å². The normalized spacial score (nSPS) is 10.8. The Morgan fingerprint density at radius 3 is 2.69 bits per heavy atom. The highest BCUT2D eigenvalue weighted by Gasteiger charge is 2.16. The lowest BCUT2D eigenvalue weighted by Crippen LogP contribution is -2.13. The summed E-state index contributed by atoms with van der Waals surface area (Å²) in [6.45, 7) is -1.04. The lowest BCUT2D eigenvalue weighted by molar-refractivity contribution is -0.0495. The molecule has 9 heteroatoms. The lowest BCUT2D eigenvalue weighted by atomic mass is 10.2. The van der Waals surface area contributed by atoms with Gasteiger partial charge in [-0.05, 0) is 54.3 Å². The maximum Gasteiger partial charge on any atom is 0.387 e. The van der Waals surface area contributed by atoms with E-state index in [9.17, 15) is 18.0 Å². The fraction of sp³-hybridized carbons (Fsp3) is 0.150. The molecule has 0 saturated carbocycles. The van der Waals surface area contributed by atoms with Crippen LogP contribution in [0.25, 0.3) is 0 Å². The van der Waals surface area contributed by atoms with Crippen LogP contribution in [0, 0.1) is 12.7 Å². The number of benzene rings is 2. The highest BCUT2D eigenvalue weighted by molar-refractivity contribution is 7.12. The molecule has 3 rings (SSSR count). The summed E-state index contributed by atoms with van der Waals surface area (Å²) in [5, 5.41) is 4.82. The maximum absolute atomic E-state index is 13.3. The highest BCUT2D eigenvalue weighted by atomic mass is 35.5. The molecule has 0 unspecified atom stereocenters. The molecule has 0 spiro atoms. The van der Waals surface area contributed by atoms with Gasteiger partial charge >= 0.3 is 6.61 Å². The van der Waals surface area contributed by atoms with Crippen molar-refractivity contribution in [2.45, 2.75) is 20.1 Å². The van der Waals surface area contributed by atoms with E-state index in [0.29, 0.717) is 15.6 Å². The van der Waals surface area contributed by atoms with Gasteiger partial charge in [-0.3, -0.25) is 4.79 Å². The number of ether oxygens (including phenoxy) is 2. The SMILES string of the molecule is Cc1cc(Cl)ccc1OCc1csc(C(=O)Nc2ccc(F)cc2OC(F)F)c1. The number of carbonyl (C=O) groups excluding carboxylic acids is 1. The van der Waals surface area contributed by atoms with E-state index in [-0.39, 0.29) is 12.3 Å². The van der Waals surface area contributed by atoms with Crippen LogP contribution in [0.15, 0.2) is 47.8 Å². The van der Waals surface area contributed by atoms with Gasteiger partial charge < -0.3 is 14.8 Å². The molecular weight excluding hydrogens is 427 g/mol. The van der Waals surface area contributed by atoms with Crippen molar-refractivity contribution >= 4 is 34.5 Å². The van der Waals surface area contributed by atoms with Gasteiger partial charge in [0.1, 0.15) is 18.2 Å². The van der Waals surface area contributed by atoms with E-state index >= 15 is 0 Å². The zero-order valence-electron chi connectivity index (χ0n) is 15.0. The second kappa shape index (κ2) is 9.19. The summed E-state index contributed by atoms with van der Waals surface area (Å²) in [5.74, 6) is -1.07. The largest absolute Gasteiger partial charge is 0.489 e. The minimum atomic E-state index is -3.14. The fourth-order valence-corrected chi connectivity index (χ4v) is 3.50. The molecule has 29 heavy (non-hydrogen) atoms. The van der Waals surface area contributed by atoms with Crippen LogP contribution in [0.1, 0.15) is 20.8 Å². The molecular formula is C20H15ClF3NO3S. The van der Waals surface area contributed by atoms with Crippen molar-refractivity contribution in [2.75, 3.05) is 5.32 Å². The molecule has 2 aromatic carbocycles. The summed E-state index contributed by atoms with van der Waals surface area (Å²) < 4.78 is 48.3. The minimum Gasteiger partial charge on any atom is -0.489 e. The number of halogens is 4. The molecule has 152 valence electrons. The van der Waals surface area contributed by atoms with Gasteiger partial charge in [0.25, 0.3) is 5.91 Å². The molecule has 0 aliphatic carbocycles. The van der Waals surface area contributed by atoms with E-state index in [1.54, 1.807) is 29.6 Å². The standard InChI is InChI=1S/C20H15ClF3NO3S/c1-11-6-13(21)2-5-16(11)27-9-12-7-18(29-10-12)19(26)25-15-4-3-14(22)8-17(15)28-20(23)24/h2-8,10,20H,9H2,1H3,(H,25,26). The number of hydrogen-bond acceptors (Lipinski definition) is 4. The Morgan fingerprint density at radius 1 is 1.17 bits per heavy atom. The molecule has 1 amide bonds. The van der Waals surface area contributed by atoms with Gasteiger partial charge in [0.2, 0.25) is 0 Å². The average molecular weight is 442 g/mol. The number of anilines is 1. The van der Waals surface area contributed by atoms with Gasteiger partial charge in [0.15, 0.2) is 5.75 Å². The predicted octanol–water partition coefficient (Wildman–Crippen LogP) is 6.28. The highest BCUT2D eigenvalue weighted by Crippen LogP contribution is 2.29. The van der Waals surface area contributed by atoms with Gasteiger partial charge in [0.05, 0.1) is 10.6 Å². The first kappa shape index (κ1) is 21.0. The van der Waals surface area contributed by atoms with Crippen LogP contribution < -0.4 is 14.8 Å². The van der Waals surface area contributed by atoms with E-state index in [2.05, 4.69) is 10.1 Å². The summed E-state index contributed by atoms with van der Waals surface area (Å²) in [5.41, 5.74) is 1.59. The number of carbonyl (C=O) groups is 1. The summed E-state index contributed by atoms with van der Waals surface area (Å²) in [7, 11) is 0. The minimum absolute atomic E-state index is 0.0558. The lowest BCUT2D eigenvalue weighted by Gasteiger charge is -2.11. The number of rotatable bonds is 7. The topological polar surface area (TPSA) is 47.6 Å². The van der Waals surface area contributed by atoms with Crippen molar-refractivity contribution in [3.8, 4) is 11.5 Å². The summed E-state index contributed by atoms with van der Waals surface area (Å²) >= 11 is 7.08. The Balaban J connectivity index is 1.66. The number of aryl methyl sites for hydroxylation is 1. The molecule has 0 bridgehead atoms. The molecule has 1 heterocycles. The molecule has 0 radical (unpaired) electrons. The molecule has 0 aliphatic heterocycles. The van der Waals surface area contributed by atoms with Crippen molar-refractivity contribution in [3.63, 3.8) is 0 Å². The van der Waals surface area contributed by atoms with Crippen LogP contribution in [0.5, 0.6) is 11.5 Å². The quantitative estimate of drug-likeness (QED) is 0.469. The second-order valence-corrected chi connectivity index (χ2v) is 7.34. The van der Waals surface area contributed by atoms with E-state index in [4.69, 9.17) is 16.3 Å². The van der Waals surface area contributed by atoms with Gasteiger partial charge in [-0.25, -0.2) is 4.39 Å². The first-order valence-electron chi connectivity index (χ1n) is 8.34. The Hall–Kier alpha value is -2.71. The van der Waals surface area contributed by atoms with Crippen molar-refractivity contribution in [3.05, 3.63) is 74.7 Å². The Morgan fingerprint density at radius 2 is 1.97 bits per heavy atom. The third kappa shape index (κ3) is 5.65. The van der Waals surface area contributed by atoms with Crippen LogP contribution in [-0.4, -0.2) is 12.5 Å². The summed E-state index contributed by atoms with van der Waals surface area (Å²) in [6, 6.07) is 9.87. The smallest absolute Gasteiger partial charge is 0.387 e. The zero-order chi connectivity index (χ0) is 21.0. The fourth-order valence-electron chi connectivity index (χ4n) is 2.48. The molecule has 0 fully saturated rings. The Labute approximate surface area is 173 Å². The number of alkyl halides is 2. The van der Waals surface area contributed by atoms with Crippen molar-refractivity contribution in [1.29, 1.82) is 0 Å². The molecule has 1 aromatic heterocycles. The summed E-state index contributed by atoms with van der Waals surface area (Å²) in [4.78, 5) is 12.8. The van der Waals surface area contributed by atoms with Crippen LogP contribution in [0.2, 0.25) is 5.02 Å². The van der Waals surface area contributed by atoms with E-state index < -0.39 is 24.1 Å². The third-order valence-corrected chi connectivity index (χ3v) is 5.03. The summed E-state index contributed by atoms with van der Waals surface area (Å²) in [6.07, 6.45) is 0. The Kier molecular flexibility index (Phi) is 6.66. The first-order valence-corrected chi connectivity index (χ1v) is 9.59. The van der Waals surface area contributed by atoms with Crippen LogP contribution >= 0.6 is 22.9 Å². The molecule has 1 N–H and O–H groups in total. The first-order chi connectivity index (χ1) is 13.8. The average Bonchev–Trinajstić information content (AvgIpc) is 3.12. The second-order valence-electron chi connectivity index (χ2n) is 5.99. The number of thiophene rings is 1. The van der Waals surface area contributed by atoms with Gasteiger partial charge in [0, 0.05) is 16.7 Å². The van der Waals surface area contributed by atoms with Gasteiger partial charge in [-0.1, -0.05) is 11.6 Å². The van der Waals surface area contributed by atoms with Crippen LogP contribution in [0.3, 0.4) is 0 Å². The van der Waals surface area contributed by atoms with Gasteiger partial charge in [-0.15, -0.1) is 11.3 Å². The van der Waals surface area contributed by atoms with Crippen molar-refractivity contribution < 1.29 is 27.4 Å². The van der Waals surface area contributed by atoms with Crippen molar-refractivity contribution in [2.24, 2.45) is 0 Å². The monoisotopic (exact) mass is 441 g/mol. The van der Waals surface area contributed by atoms with E-state index in [0.717, 1.165) is 29.3 Å². The number of hydrogen-bond donors (Lipinski definition) is 1. The number of nitrogens with one attached hydrogen (secondary N) is 1. The molecule has 0 saturated heterocycles. The third-order valence-electron chi connectivity index (χ3n) is 3.82. The number of amides is 1. The van der Waals surface area contributed by atoms with Gasteiger partial charge in [-0.2, -0.15) is 8.78 Å². The van der Waals surface area contributed by atoms with Crippen LogP contribution in [-0.2, 0) is 6.61 Å². The molecule has 0 aliphatic rings. The molecule has 4 nitrogen and oxygen atoms in total. The Bertz CT molecular complexity index is 1030. The van der Waals surface area contributed by atoms with Crippen LogP contribution in [0.4, 0.5) is 18.9 Å². The maximum atomic E-state index is 13.3. The molecule has 3 aromatic rings.